The molecule has 0 saturated heterocycles. The topological polar surface area (TPSA) is 29.5 Å². The van der Waals surface area contributed by atoms with E-state index in [9.17, 15) is 0 Å². The van der Waals surface area contributed by atoms with Gasteiger partial charge in [0.15, 0.2) is 0 Å². The van der Waals surface area contributed by atoms with Crippen molar-refractivity contribution in [3.63, 3.8) is 0 Å². The quantitative estimate of drug-likeness (QED) is 0.169. The Hall–Kier alpha value is -7.88. The molecule has 0 saturated carbocycles. The zero-order chi connectivity index (χ0) is 38.9. The molecule has 0 amide bonds. The lowest BCUT2D eigenvalue weighted by atomic mass is 9.91. The van der Waals surface area contributed by atoms with Gasteiger partial charge in [-0.2, -0.15) is 0 Å². The van der Waals surface area contributed by atoms with Crippen molar-refractivity contribution in [1.29, 1.82) is 0 Å². The highest BCUT2D eigenvalue weighted by atomic mass is 16.3. The summed E-state index contributed by atoms with van der Waals surface area (Å²) in [5, 5.41) is 9.13. The molecular weight excluding hydrogens is 719 g/mol. The van der Waals surface area contributed by atoms with Gasteiger partial charge in [-0.3, -0.25) is 0 Å². The van der Waals surface area contributed by atoms with Gasteiger partial charge in [0.1, 0.15) is 22.3 Å². The molecule has 2 heterocycles. The van der Waals surface area contributed by atoms with Crippen molar-refractivity contribution in [3.8, 4) is 33.4 Å². The van der Waals surface area contributed by atoms with Crippen LogP contribution in [0.1, 0.15) is 0 Å². The fourth-order valence-corrected chi connectivity index (χ4v) is 9.17. The molecule has 0 N–H and O–H groups in total. The van der Waals surface area contributed by atoms with Crippen molar-refractivity contribution in [1.82, 2.24) is 0 Å². The molecule has 59 heavy (non-hydrogen) atoms. The number of nitrogens with zero attached hydrogens (tertiary/aromatic N) is 1. The van der Waals surface area contributed by atoms with E-state index < -0.39 is 0 Å². The molecule has 0 radical (unpaired) electrons. The van der Waals surface area contributed by atoms with Crippen LogP contribution in [0.4, 0.5) is 17.1 Å². The Bertz CT molecular complexity index is 3550. The number of furan rings is 2. The van der Waals surface area contributed by atoms with E-state index in [1.54, 1.807) is 0 Å². The van der Waals surface area contributed by atoms with Gasteiger partial charge in [-0.15, -0.1) is 0 Å². The smallest absolute Gasteiger partial charge is 0.143 e. The third kappa shape index (κ3) is 5.36. The summed E-state index contributed by atoms with van der Waals surface area (Å²) in [5.74, 6) is 0. The second-order valence-electron chi connectivity index (χ2n) is 15.2. The second-order valence-corrected chi connectivity index (χ2v) is 15.2. The Balaban J connectivity index is 1.07. The lowest BCUT2D eigenvalue weighted by Gasteiger charge is -2.27. The number of hydrogen-bond acceptors (Lipinski definition) is 3. The zero-order valence-electron chi connectivity index (χ0n) is 32.0. The van der Waals surface area contributed by atoms with Gasteiger partial charge in [0.2, 0.25) is 0 Å². The van der Waals surface area contributed by atoms with Crippen LogP contribution in [0.25, 0.3) is 98.8 Å². The van der Waals surface area contributed by atoms with Crippen molar-refractivity contribution < 1.29 is 8.83 Å². The molecule has 12 rings (SSSR count). The van der Waals surface area contributed by atoms with Crippen LogP contribution >= 0.6 is 0 Å². The third-order valence-corrected chi connectivity index (χ3v) is 11.9. The molecule has 0 aliphatic rings. The number of hydrogen-bond donors (Lipinski definition) is 0. The summed E-state index contributed by atoms with van der Waals surface area (Å²) in [6.45, 7) is 0. The van der Waals surface area contributed by atoms with Gasteiger partial charge in [0.05, 0.1) is 11.1 Å². The molecule has 0 spiro atoms. The number of fused-ring (bicyclic) bond motifs is 9. The molecule has 12 aromatic rings. The van der Waals surface area contributed by atoms with E-state index in [1.807, 2.05) is 12.1 Å². The standard InChI is InChI=1S/C56H35NO2/c1-2-13-36(14-3-1)43-22-9-16-39-17-10-23-44(53(39)43)40-18-8-19-42(35-40)57(50-26-12-28-52-54(50)49-34-31-37-15-4-5-20-45(37)56(49)59-52)41-32-29-38(30-33-41)46-24-11-25-48-47-21-6-7-27-51(47)58-55(46)48/h1-35H. The van der Waals surface area contributed by atoms with Crippen molar-refractivity contribution in [3.05, 3.63) is 212 Å². The minimum absolute atomic E-state index is 0.852. The Morgan fingerprint density at radius 2 is 0.915 bits per heavy atom. The number of anilines is 3. The SMILES string of the molecule is c1ccc(-c2cccc3cccc(-c4cccc(N(c5ccc(-c6cccc7c6oc6ccccc67)cc5)c5cccc6oc7c8ccccc8ccc7c56)c4)c23)cc1. The largest absolute Gasteiger partial charge is 0.455 e. The van der Waals surface area contributed by atoms with E-state index in [1.165, 1.54) is 27.5 Å². The van der Waals surface area contributed by atoms with Gasteiger partial charge in [0.25, 0.3) is 0 Å². The fourth-order valence-electron chi connectivity index (χ4n) is 9.17. The molecule has 0 aliphatic heterocycles. The molecular formula is C56H35NO2. The molecule has 3 heteroatoms. The second kappa shape index (κ2) is 13.4. The predicted octanol–water partition coefficient (Wildman–Crippen LogP) is 16.3. The molecule has 2 aromatic heterocycles. The van der Waals surface area contributed by atoms with Crippen LogP contribution in [0.2, 0.25) is 0 Å². The van der Waals surface area contributed by atoms with E-state index in [0.717, 1.165) is 88.4 Å². The normalized spacial score (nSPS) is 11.7. The molecule has 0 bridgehead atoms. The Morgan fingerprint density at radius 3 is 1.78 bits per heavy atom. The van der Waals surface area contributed by atoms with Crippen LogP contribution in [0.5, 0.6) is 0 Å². The van der Waals surface area contributed by atoms with Gasteiger partial charge in [0, 0.05) is 38.5 Å². The highest BCUT2D eigenvalue weighted by Crippen LogP contribution is 2.46. The third-order valence-electron chi connectivity index (χ3n) is 11.9. The highest BCUT2D eigenvalue weighted by molar-refractivity contribution is 6.20. The van der Waals surface area contributed by atoms with Crippen LogP contribution in [0.15, 0.2) is 221 Å². The number of rotatable bonds is 6. The zero-order valence-corrected chi connectivity index (χ0v) is 32.0. The number of para-hydroxylation sites is 2. The van der Waals surface area contributed by atoms with Crippen LogP contribution in [-0.2, 0) is 0 Å². The van der Waals surface area contributed by atoms with Crippen LogP contribution in [0.3, 0.4) is 0 Å². The lowest BCUT2D eigenvalue weighted by Crippen LogP contribution is -2.10. The van der Waals surface area contributed by atoms with E-state index in [0.29, 0.717) is 0 Å². The van der Waals surface area contributed by atoms with Crippen molar-refractivity contribution >= 4 is 82.5 Å². The van der Waals surface area contributed by atoms with E-state index in [2.05, 4.69) is 205 Å². The summed E-state index contributed by atoms with van der Waals surface area (Å²) in [7, 11) is 0. The Kier molecular flexibility index (Phi) is 7.54. The maximum atomic E-state index is 6.73. The molecule has 0 fully saturated rings. The average molecular weight is 754 g/mol. The molecule has 0 unspecified atom stereocenters. The van der Waals surface area contributed by atoms with Gasteiger partial charge in [-0.25, -0.2) is 0 Å². The summed E-state index contributed by atoms with van der Waals surface area (Å²) < 4.78 is 13.2. The van der Waals surface area contributed by atoms with Crippen LogP contribution in [-0.4, -0.2) is 0 Å². The molecule has 0 aliphatic carbocycles. The first-order valence-corrected chi connectivity index (χ1v) is 20.1. The van der Waals surface area contributed by atoms with Crippen LogP contribution < -0.4 is 4.90 Å². The average Bonchev–Trinajstić information content (AvgIpc) is 3.89. The van der Waals surface area contributed by atoms with Crippen molar-refractivity contribution in [2.45, 2.75) is 0 Å². The van der Waals surface area contributed by atoms with Gasteiger partial charge in [-0.1, -0.05) is 164 Å². The first kappa shape index (κ1) is 33.3. The van der Waals surface area contributed by atoms with Crippen molar-refractivity contribution in [2.24, 2.45) is 0 Å². The van der Waals surface area contributed by atoms with Crippen LogP contribution in [0, 0.1) is 0 Å². The molecule has 0 atom stereocenters. The molecule has 3 nitrogen and oxygen atoms in total. The van der Waals surface area contributed by atoms with Gasteiger partial charge < -0.3 is 13.7 Å². The Labute approximate surface area is 340 Å². The van der Waals surface area contributed by atoms with Crippen molar-refractivity contribution in [2.75, 3.05) is 4.90 Å². The molecule has 276 valence electrons. The fraction of sp³-hybridized carbons (Fsp3) is 0. The maximum absolute atomic E-state index is 6.73. The summed E-state index contributed by atoms with van der Waals surface area (Å²) in [4.78, 5) is 2.38. The summed E-state index contributed by atoms with van der Waals surface area (Å²) >= 11 is 0. The summed E-state index contributed by atoms with van der Waals surface area (Å²) in [6, 6.07) is 75.7. The van der Waals surface area contributed by atoms with E-state index in [4.69, 9.17) is 8.83 Å². The first-order valence-electron chi connectivity index (χ1n) is 20.1. The molecule has 10 aromatic carbocycles. The first-order chi connectivity index (χ1) is 29.3. The summed E-state index contributed by atoms with van der Waals surface area (Å²) in [5.41, 5.74) is 13.6. The lowest BCUT2D eigenvalue weighted by molar-refractivity contribution is 0.670. The minimum Gasteiger partial charge on any atom is -0.455 e. The van der Waals surface area contributed by atoms with Gasteiger partial charge in [-0.05, 0) is 92.5 Å². The minimum atomic E-state index is 0.852. The predicted molar refractivity (Wildman–Crippen MR) is 247 cm³/mol. The van der Waals surface area contributed by atoms with E-state index >= 15 is 0 Å². The van der Waals surface area contributed by atoms with Gasteiger partial charge >= 0.3 is 0 Å². The maximum Gasteiger partial charge on any atom is 0.143 e. The highest BCUT2D eigenvalue weighted by Gasteiger charge is 2.22. The van der Waals surface area contributed by atoms with E-state index in [-0.39, 0.29) is 0 Å². The monoisotopic (exact) mass is 753 g/mol. The number of benzene rings is 10. The summed E-state index contributed by atoms with van der Waals surface area (Å²) in [6.07, 6.45) is 0. The Morgan fingerprint density at radius 1 is 0.305 bits per heavy atom.